The Kier molecular flexibility index (Phi) is 6.53. The Hall–Kier alpha value is -2.17. The fourth-order valence-electron chi connectivity index (χ4n) is 2.65. The second-order valence-corrected chi connectivity index (χ2v) is 5.96. The van der Waals surface area contributed by atoms with E-state index in [-0.39, 0.29) is 12.0 Å². The van der Waals surface area contributed by atoms with Crippen LogP contribution in [0.2, 0.25) is 0 Å². The molecule has 0 N–H and O–H groups in total. The molecule has 1 aromatic rings. The highest BCUT2D eigenvalue weighted by Gasteiger charge is 2.41. The van der Waals surface area contributed by atoms with Crippen molar-refractivity contribution in [3.63, 3.8) is 0 Å². The minimum Gasteiger partial charge on any atom is -0.494 e. The van der Waals surface area contributed by atoms with E-state index in [1.807, 2.05) is 6.92 Å². The summed E-state index contributed by atoms with van der Waals surface area (Å²) < 4.78 is 10.7. The van der Waals surface area contributed by atoms with Crippen LogP contribution in [0, 0.1) is 0 Å². The number of hydrogen-bond donors (Lipinski definition) is 0. The fourth-order valence-corrected chi connectivity index (χ4v) is 2.65. The van der Waals surface area contributed by atoms with E-state index in [1.54, 1.807) is 18.2 Å². The molecule has 130 valence electrons. The van der Waals surface area contributed by atoms with Gasteiger partial charge in [-0.25, -0.2) is 0 Å². The van der Waals surface area contributed by atoms with E-state index in [4.69, 9.17) is 9.47 Å². The molecule has 2 rings (SSSR count). The first-order chi connectivity index (χ1) is 11.6. The zero-order chi connectivity index (χ0) is 17.5. The molecule has 1 atom stereocenters. The molecule has 0 radical (unpaired) electrons. The van der Waals surface area contributed by atoms with E-state index in [0.717, 1.165) is 19.3 Å². The zero-order valence-corrected chi connectivity index (χ0v) is 14.3. The van der Waals surface area contributed by atoms with Crippen molar-refractivity contribution in [2.75, 3.05) is 6.61 Å². The lowest BCUT2D eigenvalue weighted by Crippen LogP contribution is -2.28. The number of carbonyl (C=O) groups is 3. The lowest BCUT2D eigenvalue weighted by Gasteiger charge is -2.08. The van der Waals surface area contributed by atoms with Crippen LogP contribution in [-0.2, 0) is 9.53 Å². The van der Waals surface area contributed by atoms with E-state index < -0.39 is 23.6 Å². The molecule has 1 unspecified atom stereocenters. The highest BCUT2D eigenvalue weighted by Crippen LogP contribution is 2.28. The lowest BCUT2D eigenvalue weighted by atomic mass is 10.1. The van der Waals surface area contributed by atoms with Gasteiger partial charge in [-0.05, 0) is 31.0 Å². The lowest BCUT2D eigenvalue weighted by molar-refractivity contribution is -0.145. The SMILES string of the molecule is CCCCCCOc1ccc2c(c1)C(=O)C(OC(=O)CCC)C2=O. The number of rotatable bonds is 9. The van der Waals surface area contributed by atoms with Crippen LogP contribution < -0.4 is 4.74 Å². The third-order valence-corrected chi connectivity index (χ3v) is 3.97. The molecule has 0 spiro atoms. The predicted molar refractivity (Wildman–Crippen MR) is 89.5 cm³/mol. The van der Waals surface area contributed by atoms with Crippen molar-refractivity contribution in [3.8, 4) is 5.75 Å². The Labute approximate surface area is 142 Å². The number of unbranched alkanes of at least 4 members (excludes halogenated alkanes) is 3. The summed E-state index contributed by atoms with van der Waals surface area (Å²) in [6, 6.07) is 4.83. The van der Waals surface area contributed by atoms with Crippen LogP contribution in [0.4, 0.5) is 0 Å². The van der Waals surface area contributed by atoms with Crippen LogP contribution in [0.25, 0.3) is 0 Å². The number of ketones is 2. The maximum Gasteiger partial charge on any atom is 0.306 e. The van der Waals surface area contributed by atoms with Gasteiger partial charge in [0, 0.05) is 17.5 Å². The van der Waals surface area contributed by atoms with Gasteiger partial charge in [0.25, 0.3) is 0 Å². The van der Waals surface area contributed by atoms with Crippen molar-refractivity contribution in [2.24, 2.45) is 0 Å². The number of hydrogen-bond acceptors (Lipinski definition) is 5. The van der Waals surface area contributed by atoms with Crippen LogP contribution in [0.3, 0.4) is 0 Å². The first-order valence-electron chi connectivity index (χ1n) is 8.63. The molecule has 1 aliphatic rings. The number of Topliss-reactive ketones (excluding diaryl/α,β-unsaturated/α-hetero) is 2. The highest BCUT2D eigenvalue weighted by atomic mass is 16.6. The molecule has 0 saturated heterocycles. The Balaban J connectivity index is 2.01. The summed E-state index contributed by atoms with van der Waals surface area (Å²) in [6.07, 6.45) is 3.86. The molecule has 1 aromatic carbocycles. The van der Waals surface area contributed by atoms with E-state index in [1.165, 1.54) is 6.42 Å². The quantitative estimate of drug-likeness (QED) is 0.391. The van der Waals surface area contributed by atoms with Crippen molar-refractivity contribution in [1.82, 2.24) is 0 Å². The third kappa shape index (κ3) is 4.22. The van der Waals surface area contributed by atoms with Crippen LogP contribution in [0.15, 0.2) is 18.2 Å². The van der Waals surface area contributed by atoms with E-state index >= 15 is 0 Å². The van der Waals surface area contributed by atoms with Crippen molar-refractivity contribution in [1.29, 1.82) is 0 Å². The van der Waals surface area contributed by atoms with Gasteiger partial charge in [-0.1, -0.05) is 33.1 Å². The Morgan fingerprint density at radius 1 is 1.00 bits per heavy atom. The molecule has 5 nitrogen and oxygen atoms in total. The largest absolute Gasteiger partial charge is 0.494 e. The van der Waals surface area contributed by atoms with Gasteiger partial charge in [-0.3, -0.25) is 14.4 Å². The summed E-state index contributed by atoms with van der Waals surface area (Å²) in [5.41, 5.74) is 0.577. The molecule has 1 aliphatic carbocycles. The first kappa shape index (κ1) is 18.2. The van der Waals surface area contributed by atoms with Crippen molar-refractivity contribution in [2.45, 2.75) is 58.5 Å². The molecular weight excluding hydrogens is 308 g/mol. The van der Waals surface area contributed by atoms with Gasteiger partial charge in [0.15, 0.2) is 0 Å². The van der Waals surface area contributed by atoms with Gasteiger partial charge < -0.3 is 9.47 Å². The first-order valence-corrected chi connectivity index (χ1v) is 8.63. The maximum absolute atomic E-state index is 12.4. The van der Waals surface area contributed by atoms with Gasteiger partial charge in [0.2, 0.25) is 17.7 Å². The van der Waals surface area contributed by atoms with Crippen LogP contribution in [-0.4, -0.2) is 30.2 Å². The monoisotopic (exact) mass is 332 g/mol. The van der Waals surface area contributed by atoms with Gasteiger partial charge in [0.05, 0.1) is 6.61 Å². The fraction of sp³-hybridized carbons (Fsp3) is 0.526. The summed E-state index contributed by atoms with van der Waals surface area (Å²) in [4.78, 5) is 36.2. The van der Waals surface area contributed by atoms with Crippen molar-refractivity contribution >= 4 is 17.5 Å². The molecule has 0 bridgehead atoms. The van der Waals surface area contributed by atoms with E-state index in [2.05, 4.69) is 6.92 Å². The Bertz CT molecular complexity index is 620. The molecule has 0 fully saturated rings. The summed E-state index contributed by atoms with van der Waals surface area (Å²) in [6.45, 7) is 4.56. The average Bonchev–Trinajstić information content (AvgIpc) is 2.80. The molecule has 0 amide bonds. The average molecular weight is 332 g/mol. The standard InChI is InChI=1S/C19H24O5/c1-3-5-6-7-11-23-13-9-10-14-15(12-13)18(22)19(17(14)21)24-16(20)8-4-2/h9-10,12,19H,3-8,11H2,1-2H3. The summed E-state index contributed by atoms with van der Waals surface area (Å²) >= 11 is 0. The Morgan fingerprint density at radius 3 is 2.46 bits per heavy atom. The predicted octanol–water partition coefficient (Wildman–Crippen LogP) is 3.74. The van der Waals surface area contributed by atoms with Gasteiger partial charge in [0.1, 0.15) is 5.75 Å². The van der Waals surface area contributed by atoms with Crippen LogP contribution >= 0.6 is 0 Å². The molecule has 0 aromatic heterocycles. The summed E-state index contributed by atoms with van der Waals surface area (Å²) in [5.74, 6) is -0.874. The number of carbonyl (C=O) groups excluding carboxylic acids is 3. The molecule has 0 heterocycles. The normalized spacial score (nSPS) is 16.2. The number of esters is 1. The highest BCUT2D eigenvalue weighted by molar-refractivity contribution is 6.29. The topological polar surface area (TPSA) is 69.7 Å². The second kappa shape index (κ2) is 8.62. The number of benzene rings is 1. The van der Waals surface area contributed by atoms with Gasteiger partial charge in [-0.2, -0.15) is 0 Å². The molecule has 0 saturated carbocycles. The minimum absolute atomic E-state index is 0.194. The van der Waals surface area contributed by atoms with Gasteiger partial charge in [-0.15, -0.1) is 0 Å². The molecule has 0 aliphatic heterocycles. The second-order valence-electron chi connectivity index (χ2n) is 5.96. The summed E-state index contributed by atoms with van der Waals surface area (Å²) in [5, 5.41) is 0. The zero-order valence-electron chi connectivity index (χ0n) is 14.3. The molecule has 5 heteroatoms. The van der Waals surface area contributed by atoms with Crippen LogP contribution in [0.5, 0.6) is 5.75 Å². The van der Waals surface area contributed by atoms with E-state index in [0.29, 0.717) is 24.3 Å². The van der Waals surface area contributed by atoms with Crippen molar-refractivity contribution < 1.29 is 23.9 Å². The van der Waals surface area contributed by atoms with Crippen molar-refractivity contribution in [3.05, 3.63) is 29.3 Å². The van der Waals surface area contributed by atoms with E-state index in [9.17, 15) is 14.4 Å². The third-order valence-electron chi connectivity index (χ3n) is 3.97. The van der Waals surface area contributed by atoms with Crippen LogP contribution in [0.1, 0.15) is 73.1 Å². The number of ether oxygens (including phenoxy) is 2. The minimum atomic E-state index is -1.33. The number of fused-ring (bicyclic) bond motifs is 1. The molecule has 24 heavy (non-hydrogen) atoms. The summed E-state index contributed by atoms with van der Waals surface area (Å²) in [7, 11) is 0. The smallest absolute Gasteiger partial charge is 0.306 e. The Morgan fingerprint density at radius 2 is 1.75 bits per heavy atom. The van der Waals surface area contributed by atoms with Gasteiger partial charge >= 0.3 is 5.97 Å². The maximum atomic E-state index is 12.4. The molecular formula is C19H24O5.